The quantitative estimate of drug-likeness (QED) is 0.635. The van der Waals surface area contributed by atoms with Gasteiger partial charge in [0.25, 0.3) is 0 Å². The van der Waals surface area contributed by atoms with Crippen molar-refractivity contribution in [1.29, 1.82) is 0 Å². The number of aryl methyl sites for hydroxylation is 1. The molecule has 2 N–H and O–H groups in total. The molecular weight excluding hydrogens is 190 g/mol. The number of hydrogen-bond acceptors (Lipinski definition) is 3. The number of nitrogens with two attached hydrogens (primary N) is 1. The molecule has 1 aromatic rings. The highest BCUT2D eigenvalue weighted by atomic mass is 16.3. The zero-order valence-electron chi connectivity index (χ0n) is 8.78. The highest BCUT2D eigenvalue weighted by Crippen LogP contribution is 2.03. The van der Waals surface area contributed by atoms with E-state index in [-0.39, 0.29) is 5.43 Å². The molecule has 0 saturated carbocycles. The molecule has 1 aliphatic rings. The van der Waals surface area contributed by atoms with E-state index < -0.39 is 5.54 Å². The van der Waals surface area contributed by atoms with Crippen molar-refractivity contribution in [2.75, 3.05) is 0 Å². The van der Waals surface area contributed by atoms with Gasteiger partial charge in [-0.2, -0.15) is 0 Å². The average molecular weight is 203 g/mol. The Labute approximate surface area is 87.2 Å². The van der Waals surface area contributed by atoms with Crippen LogP contribution < -0.4 is 21.8 Å². The Balaban J connectivity index is 2.94. The molecular formula is C12H13NO2. The molecule has 1 atom stereocenters. The van der Waals surface area contributed by atoms with Gasteiger partial charge in [-0.25, -0.2) is 0 Å². The van der Waals surface area contributed by atoms with Crippen molar-refractivity contribution in [3.05, 3.63) is 44.8 Å². The Bertz CT molecular complexity index is 591. The maximum atomic E-state index is 11.9. The summed E-state index contributed by atoms with van der Waals surface area (Å²) in [7, 11) is 0. The summed E-state index contributed by atoms with van der Waals surface area (Å²) >= 11 is 0. The number of fused-ring (bicyclic) bond motifs is 1. The number of hydrogen-bond donors (Lipinski definition) is 1. The normalized spacial score (nSPS) is 23.7. The van der Waals surface area contributed by atoms with Crippen LogP contribution in [0.15, 0.2) is 27.6 Å². The van der Waals surface area contributed by atoms with Gasteiger partial charge in [-0.3, -0.25) is 4.79 Å². The van der Waals surface area contributed by atoms with Crippen molar-refractivity contribution in [3.63, 3.8) is 0 Å². The Morgan fingerprint density at radius 3 is 2.93 bits per heavy atom. The lowest BCUT2D eigenvalue weighted by Crippen LogP contribution is -2.43. The largest absolute Gasteiger partial charge is 0.464 e. The lowest BCUT2D eigenvalue weighted by atomic mass is 10.0. The molecule has 0 radical (unpaired) electrons. The van der Waals surface area contributed by atoms with Gasteiger partial charge < -0.3 is 10.2 Å². The molecule has 3 heteroatoms. The second kappa shape index (κ2) is 3.21. The summed E-state index contributed by atoms with van der Waals surface area (Å²) < 4.78 is 5.34. The maximum absolute atomic E-state index is 11.9. The van der Waals surface area contributed by atoms with E-state index in [4.69, 9.17) is 10.2 Å². The first-order chi connectivity index (χ1) is 6.99. The van der Waals surface area contributed by atoms with Crippen LogP contribution in [0.3, 0.4) is 0 Å². The van der Waals surface area contributed by atoms with E-state index in [0.717, 1.165) is 0 Å². The third-order valence-electron chi connectivity index (χ3n) is 2.39. The van der Waals surface area contributed by atoms with E-state index in [2.05, 4.69) is 0 Å². The second-order valence-corrected chi connectivity index (χ2v) is 4.06. The fraction of sp³-hybridized carbons (Fsp3) is 0.250. The Hall–Kier alpha value is -1.61. The van der Waals surface area contributed by atoms with E-state index in [9.17, 15) is 4.79 Å². The van der Waals surface area contributed by atoms with E-state index in [0.29, 0.717) is 16.2 Å². The van der Waals surface area contributed by atoms with E-state index in [1.54, 1.807) is 25.2 Å². The van der Waals surface area contributed by atoms with Crippen LogP contribution in [0.1, 0.15) is 12.5 Å². The molecule has 0 fully saturated rings. The third-order valence-corrected chi connectivity index (χ3v) is 2.39. The van der Waals surface area contributed by atoms with Crippen molar-refractivity contribution in [3.8, 4) is 0 Å². The van der Waals surface area contributed by atoms with Crippen LogP contribution in [0.25, 0.3) is 12.2 Å². The molecule has 78 valence electrons. The summed E-state index contributed by atoms with van der Waals surface area (Å²) in [5, 5.41) is 0.546. The molecule has 3 nitrogen and oxygen atoms in total. The van der Waals surface area contributed by atoms with Crippen LogP contribution in [0.2, 0.25) is 0 Å². The molecule has 0 bridgehead atoms. The average Bonchev–Trinajstić information content (AvgIpc) is 2.30. The predicted molar refractivity (Wildman–Crippen MR) is 59.6 cm³/mol. The SMILES string of the molecule is Cc1coc2c(c1=O)=CC(C)(N)C=CC=2. The minimum atomic E-state index is -0.607. The molecule has 1 aliphatic carbocycles. The predicted octanol–water partition coefficient (Wildman–Crippen LogP) is -0.204. The van der Waals surface area contributed by atoms with Gasteiger partial charge >= 0.3 is 0 Å². The van der Waals surface area contributed by atoms with E-state index in [1.165, 1.54) is 6.26 Å². The van der Waals surface area contributed by atoms with Crippen LogP contribution >= 0.6 is 0 Å². The molecule has 1 heterocycles. The zero-order valence-corrected chi connectivity index (χ0v) is 8.78. The molecule has 0 amide bonds. The summed E-state index contributed by atoms with van der Waals surface area (Å²) in [5.41, 5.74) is 6.50. The van der Waals surface area contributed by atoms with Crippen molar-refractivity contribution in [1.82, 2.24) is 0 Å². The van der Waals surface area contributed by atoms with Crippen LogP contribution in [0.5, 0.6) is 0 Å². The topological polar surface area (TPSA) is 56.2 Å². The smallest absolute Gasteiger partial charge is 0.195 e. The first kappa shape index (κ1) is 9.93. The zero-order chi connectivity index (χ0) is 11.1. The minimum Gasteiger partial charge on any atom is -0.464 e. The van der Waals surface area contributed by atoms with Gasteiger partial charge in [-0.1, -0.05) is 12.2 Å². The van der Waals surface area contributed by atoms with E-state index >= 15 is 0 Å². The molecule has 1 aromatic heterocycles. The molecule has 0 aromatic carbocycles. The van der Waals surface area contributed by atoms with Crippen molar-refractivity contribution < 1.29 is 4.42 Å². The molecule has 15 heavy (non-hydrogen) atoms. The highest BCUT2D eigenvalue weighted by Gasteiger charge is 2.13. The molecule has 0 saturated heterocycles. The third kappa shape index (κ3) is 1.78. The van der Waals surface area contributed by atoms with E-state index in [1.807, 2.05) is 13.0 Å². The summed E-state index contributed by atoms with van der Waals surface area (Å²) in [4.78, 5) is 11.9. The van der Waals surface area contributed by atoms with Gasteiger partial charge in [0.1, 0.15) is 5.42 Å². The van der Waals surface area contributed by atoms with Gasteiger partial charge in [0.15, 0.2) is 5.43 Å². The van der Waals surface area contributed by atoms with Gasteiger partial charge in [-0.05, 0) is 26.0 Å². The molecule has 2 rings (SSSR count). The lowest BCUT2D eigenvalue weighted by Gasteiger charge is -2.12. The second-order valence-electron chi connectivity index (χ2n) is 4.06. The summed E-state index contributed by atoms with van der Waals surface area (Å²) in [6.07, 6.45) is 8.60. The first-order valence-corrected chi connectivity index (χ1v) is 4.79. The van der Waals surface area contributed by atoms with Gasteiger partial charge in [0.2, 0.25) is 0 Å². The standard InChI is InChI=1S/C12H13NO2/c1-8-7-15-10-4-3-5-12(2,13)6-9(10)11(8)14/h3-7H,13H2,1-2H3. The molecule has 0 spiro atoms. The van der Waals surface area contributed by atoms with Crippen molar-refractivity contribution >= 4 is 12.2 Å². The monoisotopic (exact) mass is 203 g/mol. The molecule has 1 unspecified atom stereocenters. The van der Waals surface area contributed by atoms with Gasteiger partial charge in [0, 0.05) is 5.56 Å². The van der Waals surface area contributed by atoms with Crippen molar-refractivity contribution in [2.45, 2.75) is 19.4 Å². The Morgan fingerprint density at radius 2 is 2.20 bits per heavy atom. The highest BCUT2D eigenvalue weighted by molar-refractivity contribution is 5.49. The lowest BCUT2D eigenvalue weighted by molar-refractivity contribution is 0.503. The summed E-state index contributed by atoms with van der Waals surface area (Å²) in [6.45, 7) is 3.57. The van der Waals surface area contributed by atoms with Crippen molar-refractivity contribution in [2.24, 2.45) is 5.73 Å². The maximum Gasteiger partial charge on any atom is 0.195 e. The van der Waals surface area contributed by atoms with Crippen LogP contribution in [0, 0.1) is 6.92 Å². The van der Waals surface area contributed by atoms with Crippen LogP contribution in [-0.2, 0) is 0 Å². The Kier molecular flexibility index (Phi) is 2.12. The van der Waals surface area contributed by atoms with Gasteiger partial charge in [-0.15, -0.1) is 0 Å². The minimum absolute atomic E-state index is 0.0205. The summed E-state index contributed by atoms with van der Waals surface area (Å²) in [6, 6.07) is 0. The fourth-order valence-corrected chi connectivity index (χ4v) is 1.56. The molecule has 0 aliphatic heterocycles. The van der Waals surface area contributed by atoms with Crippen LogP contribution in [0.4, 0.5) is 0 Å². The fourth-order valence-electron chi connectivity index (χ4n) is 1.56. The van der Waals surface area contributed by atoms with Crippen LogP contribution in [-0.4, -0.2) is 5.54 Å². The summed E-state index contributed by atoms with van der Waals surface area (Å²) in [5.74, 6) is 0. The number of allylic oxidation sites excluding steroid dienone is 1. The first-order valence-electron chi connectivity index (χ1n) is 4.79. The van der Waals surface area contributed by atoms with Gasteiger partial charge in [0.05, 0.1) is 17.0 Å². The number of rotatable bonds is 0. The Morgan fingerprint density at radius 1 is 1.47 bits per heavy atom.